The van der Waals surface area contributed by atoms with Gasteiger partial charge in [-0.15, -0.1) is 0 Å². The van der Waals surface area contributed by atoms with Crippen LogP contribution in [-0.2, 0) is 66.7 Å². The summed E-state index contributed by atoms with van der Waals surface area (Å²) in [5.41, 5.74) is -6.18. The Kier molecular flexibility index (Phi) is 9.87. The Labute approximate surface area is 198 Å². The van der Waals surface area contributed by atoms with E-state index in [1.807, 2.05) is 0 Å². The average molecular weight is 498 g/mol. The van der Waals surface area contributed by atoms with Gasteiger partial charge in [0.15, 0.2) is 0 Å². The minimum atomic E-state index is -2.25. The summed E-state index contributed by atoms with van der Waals surface area (Å²) >= 11 is 0. The number of esters is 7. The fraction of sp³-hybridized carbons (Fsp3) is 0.381. The molecule has 14 nitrogen and oxygen atoms in total. The molecule has 0 saturated carbocycles. The fourth-order valence-electron chi connectivity index (χ4n) is 3.21. The van der Waals surface area contributed by atoms with Crippen molar-refractivity contribution in [2.24, 2.45) is 5.92 Å². The summed E-state index contributed by atoms with van der Waals surface area (Å²) in [5.74, 6) is -12.3. The summed E-state index contributed by atoms with van der Waals surface area (Å²) in [6.07, 6.45) is 0. The Balaban J connectivity index is 4.80. The van der Waals surface area contributed by atoms with E-state index in [2.05, 4.69) is 33.2 Å². The van der Waals surface area contributed by atoms with Crippen molar-refractivity contribution in [2.45, 2.75) is 0 Å². The zero-order valence-electron chi connectivity index (χ0n) is 19.8. The van der Waals surface area contributed by atoms with E-state index >= 15 is 0 Å². The molecule has 190 valence electrons. The van der Waals surface area contributed by atoms with Crippen LogP contribution in [0, 0.1) is 5.92 Å². The Hall–Kier alpha value is -4.49. The van der Waals surface area contributed by atoms with E-state index < -0.39 is 81.1 Å². The highest BCUT2D eigenvalue weighted by molar-refractivity contribution is 6.24. The molecule has 0 aromatic rings. The Bertz CT molecular complexity index is 996. The number of rotatable bonds is 7. The number of carbonyl (C=O) groups is 7. The number of ether oxygens (including phenoxy) is 7. The van der Waals surface area contributed by atoms with Gasteiger partial charge in [-0.3, -0.25) is 4.79 Å². The van der Waals surface area contributed by atoms with Crippen molar-refractivity contribution in [1.82, 2.24) is 0 Å². The third-order valence-electron chi connectivity index (χ3n) is 4.67. The van der Waals surface area contributed by atoms with Crippen molar-refractivity contribution < 1.29 is 66.7 Å². The molecule has 0 fully saturated rings. The summed E-state index contributed by atoms with van der Waals surface area (Å²) in [7, 11) is 5.98. The summed E-state index contributed by atoms with van der Waals surface area (Å²) in [4.78, 5) is 90.3. The molecule has 0 aromatic carbocycles. The van der Waals surface area contributed by atoms with Gasteiger partial charge in [-0.05, 0) is 0 Å². The third kappa shape index (κ3) is 5.20. The second-order valence-corrected chi connectivity index (χ2v) is 6.23. The summed E-state index contributed by atoms with van der Waals surface area (Å²) in [6, 6.07) is 0. The second-order valence-electron chi connectivity index (χ2n) is 6.23. The van der Waals surface area contributed by atoms with Crippen molar-refractivity contribution in [3.8, 4) is 0 Å². The van der Waals surface area contributed by atoms with Gasteiger partial charge in [-0.25, -0.2) is 28.8 Å². The van der Waals surface area contributed by atoms with Crippen LogP contribution in [0.15, 0.2) is 33.4 Å². The molecule has 0 aliphatic heterocycles. The van der Waals surface area contributed by atoms with Gasteiger partial charge >= 0.3 is 41.8 Å². The van der Waals surface area contributed by atoms with Crippen LogP contribution in [0.25, 0.3) is 0 Å². The van der Waals surface area contributed by atoms with Crippen LogP contribution in [0.5, 0.6) is 0 Å². The van der Waals surface area contributed by atoms with Crippen LogP contribution in [0.4, 0.5) is 0 Å². The fourth-order valence-corrected chi connectivity index (χ4v) is 3.21. The minimum absolute atomic E-state index is 0.850. The quantitative estimate of drug-likeness (QED) is 0.298. The Morgan fingerprint density at radius 3 is 0.886 bits per heavy atom. The molecule has 0 radical (unpaired) electrons. The largest absolute Gasteiger partial charge is 0.468 e. The predicted octanol–water partition coefficient (Wildman–Crippen LogP) is -1.28. The maximum atomic E-state index is 12.9. The van der Waals surface area contributed by atoms with Crippen molar-refractivity contribution >= 4 is 41.8 Å². The first-order valence-electron chi connectivity index (χ1n) is 9.33. The lowest BCUT2D eigenvalue weighted by molar-refractivity contribution is -0.149. The molecule has 0 bridgehead atoms. The maximum Gasteiger partial charge on any atom is 0.339 e. The zero-order chi connectivity index (χ0) is 27.0. The van der Waals surface area contributed by atoms with Gasteiger partial charge in [-0.2, -0.15) is 0 Å². The first kappa shape index (κ1) is 28.5. The maximum absolute atomic E-state index is 12.9. The number of methoxy groups -OCH3 is 7. The lowest BCUT2D eigenvalue weighted by Gasteiger charge is -2.20. The van der Waals surface area contributed by atoms with E-state index in [1.54, 1.807) is 0 Å². The highest BCUT2D eigenvalue weighted by Gasteiger charge is 2.50. The molecule has 0 aromatic heterocycles. The molecule has 0 atom stereocenters. The summed E-state index contributed by atoms with van der Waals surface area (Å²) in [6.45, 7) is 0. The van der Waals surface area contributed by atoms with E-state index in [0.717, 1.165) is 49.8 Å². The second kappa shape index (κ2) is 12.1. The Morgan fingerprint density at radius 2 is 0.657 bits per heavy atom. The number of hydrogen-bond donors (Lipinski definition) is 0. The molecule has 0 amide bonds. The van der Waals surface area contributed by atoms with E-state index in [1.165, 1.54) is 0 Å². The van der Waals surface area contributed by atoms with Crippen molar-refractivity contribution in [1.29, 1.82) is 0 Å². The van der Waals surface area contributed by atoms with Crippen LogP contribution < -0.4 is 0 Å². The lowest BCUT2D eigenvalue weighted by atomic mass is 9.85. The molecule has 1 rings (SSSR count). The molecule has 1 aliphatic carbocycles. The van der Waals surface area contributed by atoms with Crippen LogP contribution in [0.1, 0.15) is 0 Å². The van der Waals surface area contributed by atoms with Gasteiger partial charge in [0.1, 0.15) is 5.92 Å². The van der Waals surface area contributed by atoms with Crippen molar-refractivity contribution in [2.75, 3.05) is 49.8 Å². The van der Waals surface area contributed by atoms with E-state index in [0.29, 0.717) is 0 Å². The zero-order valence-corrected chi connectivity index (χ0v) is 19.8. The standard InChI is InChI=1S/C21H22O14/c1-29-15(22)8-9(16(23)30-2)11(18(25)32-4)13(20(27)34-6)14(21(28)35-7)12(19(26)33-5)10(8)17(24)31-3/h8H,1-7H3. The van der Waals surface area contributed by atoms with Gasteiger partial charge < -0.3 is 33.2 Å². The molecule has 0 N–H and O–H groups in total. The third-order valence-corrected chi connectivity index (χ3v) is 4.67. The minimum Gasteiger partial charge on any atom is -0.468 e. The van der Waals surface area contributed by atoms with Gasteiger partial charge in [0.25, 0.3) is 0 Å². The molecule has 0 heterocycles. The van der Waals surface area contributed by atoms with Gasteiger partial charge in [0.05, 0.1) is 83.2 Å². The molecule has 0 saturated heterocycles. The highest BCUT2D eigenvalue weighted by Crippen LogP contribution is 2.40. The molecule has 14 heteroatoms. The van der Waals surface area contributed by atoms with E-state index in [9.17, 15) is 33.6 Å². The van der Waals surface area contributed by atoms with Gasteiger partial charge in [0, 0.05) is 0 Å². The van der Waals surface area contributed by atoms with Gasteiger partial charge in [-0.1, -0.05) is 0 Å². The molecular weight excluding hydrogens is 476 g/mol. The van der Waals surface area contributed by atoms with E-state index in [4.69, 9.17) is 0 Å². The predicted molar refractivity (Wildman–Crippen MR) is 109 cm³/mol. The highest BCUT2D eigenvalue weighted by atomic mass is 16.6. The van der Waals surface area contributed by atoms with E-state index in [-0.39, 0.29) is 0 Å². The van der Waals surface area contributed by atoms with Crippen LogP contribution in [-0.4, -0.2) is 91.6 Å². The van der Waals surface area contributed by atoms with Crippen LogP contribution >= 0.6 is 0 Å². The average Bonchev–Trinajstić information content (AvgIpc) is 3.02. The summed E-state index contributed by atoms with van der Waals surface area (Å²) < 4.78 is 32.7. The lowest BCUT2D eigenvalue weighted by Crippen LogP contribution is -2.33. The van der Waals surface area contributed by atoms with Crippen molar-refractivity contribution in [3.05, 3.63) is 33.4 Å². The number of hydrogen-bond acceptors (Lipinski definition) is 14. The molecule has 35 heavy (non-hydrogen) atoms. The topological polar surface area (TPSA) is 184 Å². The Morgan fingerprint density at radius 1 is 0.400 bits per heavy atom. The normalized spacial score (nSPS) is 13.9. The molecular formula is C21H22O14. The van der Waals surface area contributed by atoms with Crippen molar-refractivity contribution in [3.63, 3.8) is 0 Å². The molecule has 0 spiro atoms. The molecule has 1 aliphatic rings. The first-order chi connectivity index (χ1) is 16.5. The van der Waals surface area contributed by atoms with Gasteiger partial charge in [0.2, 0.25) is 0 Å². The van der Waals surface area contributed by atoms with Crippen LogP contribution in [0.2, 0.25) is 0 Å². The van der Waals surface area contributed by atoms with Crippen LogP contribution in [0.3, 0.4) is 0 Å². The smallest absolute Gasteiger partial charge is 0.339 e. The first-order valence-corrected chi connectivity index (χ1v) is 9.33. The number of carbonyl (C=O) groups excluding carboxylic acids is 7. The summed E-state index contributed by atoms with van der Waals surface area (Å²) in [5, 5.41) is 0. The SMILES string of the molecule is COC(=O)C1=C(C(=O)OC)C(C(=O)OC)=C(C(=O)OC)C(C(=O)OC)C(C(=O)OC)=C1C(=O)OC. The molecule has 0 unspecified atom stereocenters. The monoisotopic (exact) mass is 498 g/mol.